The fourth-order valence-electron chi connectivity index (χ4n) is 4.06. The molecule has 1 aliphatic heterocycles. The van der Waals surface area contributed by atoms with Crippen LogP contribution in [0.15, 0.2) is 42.5 Å². The number of benzene rings is 2. The van der Waals surface area contributed by atoms with E-state index in [0.717, 1.165) is 25.8 Å². The molecule has 1 aliphatic carbocycles. The molecule has 118 valence electrons. The first-order valence-electron chi connectivity index (χ1n) is 8.09. The lowest BCUT2D eigenvalue weighted by molar-refractivity contribution is 0.0595. The molecule has 0 radical (unpaired) electrons. The third kappa shape index (κ3) is 2.29. The molecule has 23 heavy (non-hydrogen) atoms. The summed E-state index contributed by atoms with van der Waals surface area (Å²) in [6, 6.07) is 13.0. The molecule has 2 atom stereocenters. The van der Waals surface area contributed by atoms with E-state index >= 15 is 0 Å². The zero-order valence-electron chi connectivity index (χ0n) is 12.8. The van der Waals surface area contributed by atoms with Gasteiger partial charge >= 0.3 is 0 Å². The van der Waals surface area contributed by atoms with Crippen LogP contribution < -0.4 is 5.73 Å². The van der Waals surface area contributed by atoms with Gasteiger partial charge in [0.1, 0.15) is 5.82 Å². The van der Waals surface area contributed by atoms with E-state index in [1.54, 1.807) is 6.07 Å². The van der Waals surface area contributed by atoms with Gasteiger partial charge in [-0.25, -0.2) is 4.39 Å². The van der Waals surface area contributed by atoms with Crippen LogP contribution in [-0.2, 0) is 6.42 Å². The number of fused-ring (bicyclic) bond motifs is 3. The quantitative estimate of drug-likeness (QED) is 0.821. The summed E-state index contributed by atoms with van der Waals surface area (Å²) < 4.78 is 13.7. The fourth-order valence-corrected chi connectivity index (χ4v) is 4.06. The second-order valence-corrected chi connectivity index (χ2v) is 6.45. The first-order valence-corrected chi connectivity index (χ1v) is 8.09. The van der Waals surface area contributed by atoms with Gasteiger partial charge in [-0.1, -0.05) is 24.3 Å². The second kappa shape index (κ2) is 5.37. The van der Waals surface area contributed by atoms with Crippen LogP contribution in [0.5, 0.6) is 0 Å². The number of anilines is 1. The molecule has 1 heterocycles. The minimum atomic E-state index is -0.529. The third-order valence-electron chi connectivity index (χ3n) is 5.17. The number of likely N-dealkylation sites (tertiary alicyclic amines) is 1. The second-order valence-electron chi connectivity index (χ2n) is 6.45. The molecule has 2 aromatic rings. The number of nitrogens with zero attached hydrogens (tertiary/aromatic N) is 1. The molecular formula is C19H19FN2O. The Bertz CT molecular complexity index is 774. The molecule has 3 nitrogen and oxygen atoms in total. The van der Waals surface area contributed by atoms with Crippen LogP contribution in [0, 0.1) is 5.82 Å². The summed E-state index contributed by atoms with van der Waals surface area (Å²) in [4.78, 5) is 14.8. The minimum Gasteiger partial charge on any atom is -0.396 e. The zero-order valence-corrected chi connectivity index (χ0v) is 12.8. The Labute approximate surface area is 134 Å². The van der Waals surface area contributed by atoms with Crippen LogP contribution >= 0.6 is 0 Å². The smallest absolute Gasteiger partial charge is 0.254 e. The van der Waals surface area contributed by atoms with Crippen molar-refractivity contribution in [1.82, 2.24) is 4.90 Å². The average Bonchev–Trinajstić information content (AvgIpc) is 2.95. The maximum atomic E-state index is 13.7. The van der Waals surface area contributed by atoms with Crippen molar-refractivity contribution in [2.24, 2.45) is 0 Å². The summed E-state index contributed by atoms with van der Waals surface area (Å²) >= 11 is 0. The van der Waals surface area contributed by atoms with Crippen molar-refractivity contribution in [3.05, 3.63) is 65.0 Å². The van der Waals surface area contributed by atoms with Gasteiger partial charge in [0.25, 0.3) is 5.91 Å². The van der Waals surface area contributed by atoms with Gasteiger partial charge in [0.15, 0.2) is 0 Å². The summed E-state index contributed by atoms with van der Waals surface area (Å²) in [5.74, 6) is -0.215. The molecule has 0 saturated carbocycles. The van der Waals surface area contributed by atoms with Crippen molar-refractivity contribution in [3.63, 3.8) is 0 Å². The highest BCUT2D eigenvalue weighted by Crippen LogP contribution is 2.42. The molecule has 2 N–H and O–H groups in total. The van der Waals surface area contributed by atoms with E-state index in [0.29, 0.717) is 11.5 Å². The van der Waals surface area contributed by atoms with E-state index in [4.69, 9.17) is 5.73 Å². The Kier molecular flexibility index (Phi) is 3.33. The number of halogens is 1. The molecule has 4 rings (SSSR count). The zero-order chi connectivity index (χ0) is 16.0. The van der Waals surface area contributed by atoms with E-state index in [1.165, 1.54) is 23.3 Å². The van der Waals surface area contributed by atoms with Crippen LogP contribution in [0.2, 0.25) is 0 Å². The lowest BCUT2D eigenvalue weighted by atomic mass is 9.88. The van der Waals surface area contributed by atoms with Crippen molar-refractivity contribution >= 4 is 11.6 Å². The summed E-state index contributed by atoms with van der Waals surface area (Å²) in [7, 11) is 0. The van der Waals surface area contributed by atoms with Gasteiger partial charge in [-0.05, 0) is 48.6 Å². The van der Waals surface area contributed by atoms with E-state index < -0.39 is 5.82 Å². The molecule has 1 saturated heterocycles. The lowest BCUT2D eigenvalue weighted by Crippen LogP contribution is -2.46. The standard InChI is InChI=1S/C19H19FN2O/c20-16-10-13(7-8-17(16)21)19(23)22-9-3-6-15-14-5-2-1-4-12(14)11-18(15)22/h1-2,4-5,7-8,10,15,18H,3,6,9,11,21H2/t15-,18+/m1/s1. The third-order valence-corrected chi connectivity index (χ3v) is 5.17. The Morgan fingerprint density at radius 2 is 2.04 bits per heavy atom. The largest absolute Gasteiger partial charge is 0.396 e. The molecular weight excluding hydrogens is 291 g/mol. The van der Waals surface area contributed by atoms with Crippen LogP contribution in [0.25, 0.3) is 0 Å². The highest BCUT2D eigenvalue weighted by Gasteiger charge is 2.40. The molecule has 4 heteroatoms. The topological polar surface area (TPSA) is 46.3 Å². The molecule has 1 fully saturated rings. The number of rotatable bonds is 1. The highest BCUT2D eigenvalue weighted by molar-refractivity contribution is 5.95. The number of piperidine rings is 1. The van der Waals surface area contributed by atoms with Gasteiger partial charge in [-0.15, -0.1) is 0 Å². The fraction of sp³-hybridized carbons (Fsp3) is 0.316. The van der Waals surface area contributed by atoms with Gasteiger partial charge in [0.2, 0.25) is 0 Å². The number of amides is 1. The van der Waals surface area contributed by atoms with Crippen molar-refractivity contribution in [3.8, 4) is 0 Å². The first kappa shape index (κ1) is 14.2. The predicted molar refractivity (Wildman–Crippen MR) is 87.8 cm³/mol. The molecule has 1 amide bonds. The summed E-state index contributed by atoms with van der Waals surface area (Å²) in [6.07, 6.45) is 2.99. The Hall–Kier alpha value is -2.36. The van der Waals surface area contributed by atoms with Gasteiger partial charge in [0.05, 0.1) is 5.69 Å². The molecule has 2 aliphatic rings. The summed E-state index contributed by atoms with van der Waals surface area (Å²) in [6.45, 7) is 0.736. The molecule has 0 spiro atoms. The summed E-state index contributed by atoms with van der Waals surface area (Å²) in [5, 5.41) is 0. The van der Waals surface area contributed by atoms with E-state index in [-0.39, 0.29) is 17.6 Å². The van der Waals surface area contributed by atoms with Crippen LogP contribution in [0.1, 0.15) is 40.2 Å². The van der Waals surface area contributed by atoms with Crippen LogP contribution in [0.3, 0.4) is 0 Å². The predicted octanol–water partition coefficient (Wildman–Crippen LogP) is 3.35. The van der Waals surface area contributed by atoms with Crippen molar-refractivity contribution in [2.45, 2.75) is 31.2 Å². The SMILES string of the molecule is Nc1ccc(C(=O)N2CCC[C@@H]3c4ccccc4C[C@@H]32)cc1F. The lowest BCUT2D eigenvalue weighted by Gasteiger charge is -2.38. The Morgan fingerprint density at radius 3 is 2.87 bits per heavy atom. The van der Waals surface area contributed by atoms with Gasteiger partial charge < -0.3 is 10.6 Å². The van der Waals surface area contributed by atoms with Gasteiger partial charge in [0, 0.05) is 24.1 Å². The van der Waals surface area contributed by atoms with Gasteiger partial charge in [-0.3, -0.25) is 4.79 Å². The molecule has 0 aromatic heterocycles. The monoisotopic (exact) mass is 310 g/mol. The van der Waals surface area contributed by atoms with E-state index in [9.17, 15) is 9.18 Å². The van der Waals surface area contributed by atoms with Crippen molar-refractivity contribution < 1.29 is 9.18 Å². The van der Waals surface area contributed by atoms with E-state index in [1.807, 2.05) is 4.90 Å². The summed E-state index contributed by atoms with van der Waals surface area (Å²) in [5.41, 5.74) is 8.68. The molecule has 0 unspecified atom stereocenters. The van der Waals surface area contributed by atoms with Crippen LogP contribution in [0.4, 0.5) is 10.1 Å². The first-order chi connectivity index (χ1) is 11.1. The van der Waals surface area contributed by atoms with E-state index in [2.05, 4.69) is 24.3 Å². The van der Waals surface area contributed by atoms with Crippen molar-refractivity contribution in [1.29, 1.82) is 0 Å². The number of hydrogen-bond acceptors (Lipinski definition) is 2. The number of hydrogen-bond donors (Lipinski definition) is 1. The number of carbonyl (C=O) groups is 1. The highest BCUT2D eigenvalue weighted by atomic mass is 19.1. The van der Waals surface area contributed by atoms with Crippen LogP contribution in [-0.4, -0.2) is 23.4 Å². The van der Waals surface area contributed by atoms with Gasteiger partial charge in [-0.2, -0.15) is 0 Å². The Morgan fingerprint density at radius 1 is 1.22 bits per heavy atom. The molecule has 2 aromatic carbocycles. The average molecular weight is 310 g/mol. The number of nitrogen functional groups attached to an aromatic ring is 1. The maximum absolute atomic E-state index is 13.7. The Balaban J connectivity index is 1.65. The number of carbonyl (C=O) groups excluding carboxylic acids is 1. The normalized spacial score (nSPS) is 22.6. The van der Waals surface area contributed by atoms with Crippen molar-refractivity contribution in [2.75, 3.05) is 12.3 Å². The minimum absolute atomic E-state index is 0.0753. The molecule has 0 bridgehead atoms. The maximum Gasteiger partial charge on any atom is 0.254 e. The number of nitrogens with two attached hydrogens (primary N) is 1.